The van der Waals surface area contributed by atoms with Crippen molar-refractivity contribution in [3.63, 3.8) is 0 Å². The summed E-state index contributed by atoms with van der Waals surface area (Å²) in [5.74, 6) is 0. The number of hydrogen-bond donors (Lipinski definition) is 1. The van der Waals surface area contributed by atoms with Crippen LogP contribution < -0.4 is 5.73 Å². The molecule has 0 aliphatic rings. The van der Waals surface area contributed by atoms with Crippen molar-refractivity contribution in [3.05, 3.63) is 82.5 Å². The van der Waals surface area contributed by atoms with E-state index < -0.39 is 0 Å². The van der Waals surface area contributed by atoms with Crippen molar-refractivity contribution in [1.29, 1.82) is 0 Å². The van der Waals surface area contributed by atoms with Crippen LogP contribution in [-0.4, -0.2) is 35.5 Å². The Morgan fingerprint density at radius 3 is 2.41 bits per heavy atom. The summed E-state index contributed by atoms with van der Waals surface area (Å²) in [6.07, 6.45) is 4.03. The van der Waals surface area contributed by atoms with Crippen LogP contribution >= 0.6 is 11.6 Å². The van der Waals surface area contributed by atoms with Gasteiger partial charge in [0.15, 0.2) is 0 Å². The molecule has 0 amide bonds. The molecule has 0 fully saturated rings. The summed E-state index contributed by atoms with van der Waals surface area (Å²) in [6.45, 7) is 16.8. The highest BCUT2D eigenvalue weighted by molar-refractivity contribution is 6.30. The molecular formula is C25H34ClN3. The lowest BCUT2D eigenvalue weighted by atomic mass is 10.1. The van der Waals surface area contributed by atoms with Crippen molar-refractivity contribution in [2.45, 2.75) is 40.3 Å². The first kappa shape index (κ1) is 23.1. The van der Waals surface area contributed by atoms with Gasteiger partial charge in [0.05, 0.1) is 0 Å². The van der Waals surface area contributed by atoms with Crippen LogP contribution in [0.4, 0.5) is 5.69 Å². The summed E-state index contributed by atoms with van der Waals surface area (Å²) in [4.78, 5) is 4.80. The summed E-state index contributed by atoms with van der Waals surface area (Å²) < 4.78 is 0. The van der Waals surface area contributed by atoms with Gasteiger partial charge >= 0.3 is 0 Å². The van der Waals surface area contributed by atoms with Gasteiger partial charge in [-0.25, -0.2) is 0 Å². The molecule has 2 rings (SSSR count). The van der Waals surface area contributed by atoms with Crippen LogP contribution in [0, 0.1) is 6.92 Å². The van der Waals surface area contributed by atoms with Crippen molar-refractivity contribution < 1.29 is 0 Å². The number of likely N-dealkylation sites (N-methyl/N-ethyl adjacent to an activating group) is 1. The molecule has 0 saturated carbocycles. The Kier molecular flexibility index (Phi) is 8.81. The fourth-order valence-electron chi connectivity index (χ4n) is 3.19. The van der Waals surface area contributed by atoms with Crippen LogP contribution in [0.3, 0.4) is 0 Å². The molecule has 2 aromatic rings. The van der Waals surface area contributed by atoms with E-state index in [1.165, 1.54) is 11.1 Å². The average Bonchev–Trinajstić information content (AvgIpc) is 2.68. The minimum Gasteiger partial charge on any atom is -0.398 e. The van der Waals surface area contributed by atoms with Gasteiger partial charge in [-0.2, -0.15) is 0 Å². The fraction of sp³-hybridized carbons (Fsp3) is 0.360. The molecule has 0 radical (unpaired) electrons. The lowest BCUT2D eigenvalue weighted by molar-refractivity contribution is 0.188. The Hall–Kier alpha value is -2.23. The van der Waals surface area contributed by atoms with Gasteiger partial charge in [-0.3, -0.25) is 4.90 Å². The van der Waals surface area contributed by atoms with E-state index in [2.05, 4.69) is 68.3 Å². The van der Waals surface area contributed by atoms with Gasteiger partial charge in [0.1, 0.15) is 0 Å². The predicted octanol–water partition coefficient (Wildman–Crippen LogP) is 5.99. The highest BCUT2D eigenvalue weighted by Crippen LogP contribution is 2.20. The molecule has 0 unspecified atom stereocenters. The monoisotopic (exact) mass is 411 g/mol. The molecule has 4 heteroatoms. The smallest absolute Gasteiger partial charge is 0.0426 e. The zero-order valence-electron chi connectivity index (χ0n) is 18.2. The number of nitrogens with zero attached hydrogens (tertiary/aromatic N) is 2. The zero-order valence-corrected chi connectivity index (χ0v) is 18.9. The quantitative estimate of drug-likeness (QED) is 0.385. The number of benzene rings is 2. The molecule has 0 aliphatic carbocycles. The number of nitrogens with two attached hydrogens (primary N) is 1. The van der Waals surface area contributed by atoms with Crippen molar-refractivity contribution >= 4 is 23.4 Å². The Balaban J connectivity index is 1.98. The number of halogens is 1. The highest BCUT2D eigenvalue weighted by Gasteiger charge is 2.12. The molecule has 0 aliphatic heterocycles. The number of rotatable bonds is 10. The maximum absolute atomic E-state index is 6.04. The summed E-state index contributed by atoms with van der Waals surface area (Å²) >= 11 is 5.98. The highest BCUT2D eigenvalue weighted by atomic mass is 35.5. The molecule has 3 nitrogen and oxygen atoms in total. The first-order valence-corrected chi connectivity index (χ1v) is 10.6. The molecule has 2 N–H and O–H groups in total. The zero-order chi connectivity index (χ0) is 21.4. The Morgan fingerprint density at radius 2 is 1.83 bits per heavy atom. The van der Waals surface area contributed by atoms with E-state index in [4.69, 9.17) is 17.3 Å². The van der Waals surface area contributed by atoms with Crippen molar-refractivity contribution in [1.82, 2.24) is 9.80 Å². The SMILES string of the molecule is C=C(/C=C/c1ccc(Cl)cc1N)N(CC)CCN(Cc1ccc(C)cc1)C(C)C. The van der Waals surface area contributed by atoms with E-state index in [1.807, 2.05) is 24.3 Å². The summed E-state index contributed by atoms with van der Waals surface area (Å²) in [5, 5.41) is 0.649. The average molecular weight is 412 g/mol. The molecule has 156 valence electrons. The summed E-state index contributed by atoms with van der Waals surface area (Å²) in [7, 11) is 0. The third-order valence-corrected chi connectivity index (χ3v) is 5.42. The first-order chi connectivity index (χ1) is 13.8. The van der Waals surface area contributed by atoms with Gasteiger partial charge in [-0.1, -0.05) is 60.2 Å². The Bertz CT molecular complexity index is 824. The molecule has 29 heavy (non-hydrogen) atoms. The second kappa shape index (κ2) is 11.1. The van der Waals surface area contributed by atoms with Crippen molar-refractivity contribution in [2.75, 3.05) is 25.4 Å². The largest absolute Gasteiger partial charge is 0.398 e. The van der Waals surface area contributed by atoms with Crippen LogP contribution in [0.5, 0.6) is 0 Å². The molecule has 0 aromatic heterocycles. The van der Waals surface area contributed by atoms with Crippen LogP contribution in [0.25, 0.3) is 6.08 Å². The molecular weight excluding hydrogens is 378 g/mol. The second-order valence-electron chi connectivity index (χ2n) is 7.73. The van der Waals surface area contributed by atoms with E-state index in [-0.39, 0.29) is 0 Å². The fourth-order valence-corrected chi connectivity index (χ4v) is 3.37. The minimum absolute atomic E-state index is 0.479. The maximum Gasteiger partial charge on any atom is 0.0426 e. The van der Waals surface area contributed by atoms with Gasteiger partial charge in [0.25, 0.3) is 0 Å². The third-order valence-electron chi connectivity index (χ3n) is 5.19. The first-order valence-electron chi connectivity index (χ1n) is 10.3. The molecule has 0 atom stereocenters. The van der Waals surface area contributed by atoms with E-state index in [0.29, 0.717) is 16.8 Å². The van der Waals surface area contributed by atoms with E-state index in [0.717, 1.165) is 37.4 Å². The molecule has 0 bridgehead atoms. The number of anilines is 1. The van der Waals surface area contributed by atoms with E-state index >= 15 is 0 Å². The topological polar surface area (TPSA) is 32.5 Å². The lowest BCUT2D eigenvalue weighted by Gasteiger charge is -2.31. The summed E-state index contributed by atoms with van der Waals surface area (Å²) in [5.41, 5.74) is 11.3. The van der Waals surface area contributed by atoms with Crippen LogP contribution in [0.15, 0.2) is 60.8 Å². The van der Waals surface area contributed by atoms with Gasteiger partial charge in [0, 0.05) is 48.6 Å². The summed E-state index contributed by atoms with van der Waals surface area (Å²) in [6, 6.07) is 14.8. The normalized spacial score (nSPS) is 11.6. The van der Waals surface area contributed by atoms with Crippen LogP contribution in [-0.2, 0) is 6.54 Å². The standard InChI is InChI=1S/C25H34ClN3/c1-6-28(21(5)9-12-23-13-14-24(26)17-25(23)27)15-16-29(19(2)3)18-22-10-7-20(4)8-11-22/h7-14,17,19H,5-6,15-16,18,27H2,1-4H3/b12-9+. The number of hydrogen-bond acceptors (Lipinski definition) is 3. The van der Waals surface area contributed by atoms with Gasteiger partial charge < -0.3 is 10.6 Å². The predicted molar refractivity (Wildman–Crippen MR) is 128 cm³/mol. The van der Waals surface area contributed by atoms with Gasteiger partial charge in [0.2, 0.25) is 0 Å². The second-order valence-corrected chi connectivity index (χ2v) is 8.16. The van der Waals surface area contributed by atoms with Gasteiger partial charge in [-0.05, 0) is 57.0 Å². The Morgan fingerprint density at radius 1 is 1.14 bits per heavy atom. The Labute approximate surface area is 181 Å². The molecule has 2 aromatic carbocycles. The molecule has 0 heterocycles. The lowest BCUT2D eigenvalue weighted by Crippen LogP contribution is -2.37. The van der Waals surface area contributed by atoms with E-state index in [1.54, 1.807) is 6.07 Å². The number of aryl methyl sites for hydroxylation is 1. The molecule has 0 saturated heterocycles. The van der Waals surface area contributed by atoms with Crippen LogP contribution in [0.1, 0.15) is 37.5 Å². The van der Waals surface area contributed by atoms with Crippen molar-refractivity contribution in [2.24, 2.45) is 0 Å². The van der Waals surface area contributed by atoms with Crippen molar-refractivity contribution in [3.8, 4) is 0 Å². The third kappa shape index (κ3) is 7.26. The maximum atomic E-state index is 6.04. The molecule has 0 spiro atoms. The number of allylic oxidation sites excluding steroid dienone is 1. The minimum atomic E-state index is 0.479. The van der Waals surface area contributed by atoms with E-state index in [9.17, 15) is 0 Å². The number of nitrogen functional groups attached to an aromatic ring is 1. The van der Waals surface area contributed by atoms with Crippen LogP contribution in [0.2, 0.25) is 5.02 Å². The van der Waals surface area contributed by atoms with Gasteiger partial charge in [-0.15, -0.1) is 0 Å².